The third kappa shape index (κ3) is 2.85. The van der Waals surface area contributed by atoms with Gasteiger partial charge in [-0.3, -0.25) is 9.20 Å². The number of nitrogens with one attached hydrogen (secondary N) is 1. The van der Waals surface area contributed by atoms with Crippen LogP contribution >= 0.6 is 12.4 Å². The number of halogens is 1. The lowest BCUT2D eigenvalue weighted by atomic mass is 9.70. The zero-order chi connectivity index (χ0) is 17.7. The Kier molecular flexibility index (Phi) is 4.89. The molecule has 6 nitrogen and oxygen atoms in total. The van der Waals surface area contributed by atoms with E-state index in [1.807, 2.05) is 24.4 Å². The Labute approximate surface area is 166 Å². The topological polar surface area (TPSA) is 62.5 Å². The summed E-state index contributed by atoms with van der Waals surface area (Å²) in [7, 11) is 0. The fraction of sp³-hybridized carbons (Fsp3) is 0.650. The van der Waals surface area contributed by atoms with Gasteiger partial charge in [0, 0.05) is 37.3 Å². The van der Waals surface area contributed by atoms with E-state index < -0.39 is 0 Å². The van der Waals surface area contributed by atoms with Gasteiger partial charge in [-0.1, -0.05) is 13.0 Å². The summed E-state index contributed by atoms with van der Waals surface area (Å²) in [6.45, 7) is 3.87. The molecular weight excluding hydrogens is 362 g/mol. The first-order valence-electron chi connectivity index (χ1n) is 10.1. The molecule has 3 aliphatic rings. The molecule has 0 aromatic carbocycles. The Balaban J connectivity index is 0.00000180. The Hall–Kier alpha value is -1.66. The predicted molar refractivity (Wildman–Crippen MR) is 106 cm³/mol. The summed E-state index contributed by atoms with van der Waals surface area (Å²) >= 11 is 0. The highest BCUT2D eigenvalue weighted by Crippen LogP contribution is 2.47. The van der Waals surface area contributed by atoms with E-state index in [0.29, 0.717) is 23.9 Å². The van der Waals surface area contributed by atoms with Crippen LogP contribution in [-0.2, 0) is 4.79 Å². The Bertz CT molecular complexity index is 831. The average molecular weight is 390 g/mol. The van der Waals surface area contributed by atoms with Gasteiger partial charge in [-0.05, 0) is 50.7 Å². The number of aromatic nitrogens is 3. The van der Waals surface area contributed by atoms with E-state index in [9.17, 15) is 4.79 Å². The molecule has 146 valence electrons. The molecule has 5 heterocycles. The molecule has 0 saturated carbocycles. The highest BCUT2D eigenvalue weighted by Gasteiger charge is 2.55. The van der Waals surface area contributed by atoms with Gasteiger partial charge in [-0.25, -0.2) is 0 Å². The first-order chi connectivity index (χ1) is 12.7. The number of pyridine rings is 1. The van der Waals surface area contributed by atoms with Crippen molar-refractivity contribution in [3.8, 4) is 0 Å². The Morgan fingerprint density at radius 3 is 2.70 bits per heavy atom. The van der Waals surface area contributed by atoms with Crippen molar-refractivity contribution in [3.63, 3.8) is 0 Å². The molecule has 3 saturated heterocycles. The molecule has 0 unspecified atom stereocenters. The quantitative estimate of drug-likeness (QED) is 0.876. The van der Waals surface area contributed by atoms with E-state index in [4.69, 9.17) is 0 Å². The van der Waals surface area contributed by atoms with Crippen LogP contribution in [-0.4, -0.2) is 50.6 Å². The van der Waals surface area contributed by atoms with Gasteiger partial charge >= 0.3 is 0 Å². The van der Waals surface area contributed by atoms with Crippen LogP contribution in [0.2, 0.25) is 0 Å². The summed E-state index contributed by atoms with van der Waals surface area (Å²) in [6, 6.07) is 6.95. The largest absolute Gasteiger partial charge is 0.342 e. The highest BCUT2D eigenvalue weighted by atomic mass is 35.5. The summed E-state index contributed by atoms with van der Waals surface area (Å²) in [5, 5.41) is 12.4. The van der Waals surface area contributed by atoms with Crippen molar-refractivity contribution in [2.24, 2.45) is 5.41 Å². The lowest BCUT2D eigenvalue weighted by molar-refractivity contribution is -0.145. The van der Waals surface area contributed by atoms with Crippen molar-refractivity contribution >= 4 is 24.0 Å². The molecule has 27 heavy (non-hydrogen) atoms. The molecule has 0 radical (unpaired) electrons. The molecule has 2 bridgehead atoms. The molecule has 2 aromatic heterocycles. The van der Waals surface area contributed by atoms with Gasteiger partial charge < -0.3 is 10.2 Å². The third-order valence-electron chi connectivity index (χ3n) is 7.06. The minimum atomic E-state index is -0.155. The zero-order valence-electron chi connectivity index (χ0n) is 15.8. The number of hydrogen-bond donors (Lipinski definition) is 1. The third-order valence-corrected chi connectivity index (χ3v) is 7.06. The number of fused-ring (bicyclic) bond motifs is 3. The van der Waals surface area contributed by atoms with Crippen molar-refractivity contribution in [2.45, 2.75) is 63.5 Å². The van der Waals surface area contributed by atoms with Crippen LogP contribution in [0.15, 0.2) is 24.4 Å². The Morgan fingerprint density at radius 1 is 1.22 bits per heavy atom. The first-order valence-corrected chi connectivity index (χ1v) is 10.1. The van der Waals surface area contributed by atoms with E-state index in [-0.39, 0.29) is 17.8 Å². The molecule has 0 spiro atoms. The number of hydrogen-bond acceptors (Lipinski definition) is 4. The van der Waals surface area contributed by atoms with Gasteiger partial charge in [-0.2, -0.15) is 0 Å². The number of rotatable bonds is 3. The van der Waals surface area contributed by atoms with Gasteiger partial charge in [0.15, 0.2) is 5.65 Å². The summed E-state index contributed by atoms with van der Waals surface area (Å²) < 4.78 is 2.09. The fourth-order valence-corrected chi connectivity index (χ4v) is 5.57. The summed E-state index contributed by atoms with van der Waals surface area (Å²) in [5.74, 6) is 1.82. The minimum absolute atomic E-state index is 0. The van der Waals surface area contributed by atoms with Gasteiger partial charge in [0.25, 0.3) is 0 Å². The van der Waals surface area contributed by atoms with Crippen LogP contribution in [0.25, 0.3) is 5.65 Å². The second-order valence-corrected chi connectivity index (χ2v) is 8.26. The van der Waals surface area contributed by atoms with Crippen molar-refractivity contribution < 1.29 is 4.79 Å². The van der Waals surface area contributed by atoms with Gasteiger partial charge in [0.05, 0.1) is 5.41 Å². The molecule has 7 heteroatoms. The van der Waals surface area contributed by atoms with Crippen LogP contribution in [0.5, 0.6) is 0 Å². The molecule has 0 aliphatic carbocycles. The maximum Gasteiger partial charge on any atom is 0.230 e. The monoisotopic (exact) mass is 389 g/mol. The SMILES string of the molecule is CC[C@@]1(C(=O)N2CCC(c3nnc4ccccn34)CC2)C[C@@H]2CC[C@H]1N2.Cl. The van der Waals surface area contributed by atoms with Crippen LogP contribution in [0.3, 0.4) is 0 Å². The lowest BCUT2D eigenvalue weighted by Gasteiger charge is -2.41. The number of amides is 1. The van der Waals surface area contributed by atoms with Crippen molar-refractivity contribution in [1.29, 1.82) is 0 Å². The number of nitrogens with zero attached hydrogens (tertiary/aromatic N) is 4. The van der Waals surface area contributed by atoms with Crippen LogP contribution in [0.4, 0.5) is 0 Å². The molecule has 2 aromatic rings. The van der Waals surface area contributed by atoms with Gasteiger partial charge in [-0.15, -0.1) is 22.6 Å². The highest BCUT2D eigenvalue weighted by molar-refractivity contribution is 5.85. The summed E-state index contributed by atoms with van der Waals surface area (Å²) in [5.41, 5.74) is 0.746. The number of likely N-dealkylation sites (tertiary alicyclic amines) is 1. The second-order valence-electron chi connectivity index (χ2n) is 8.26. The summed E-state index contributed by atoms with van der Waals surface area (Å²) in [6.07, 6.45) is 8.37. The van der Waals surface area contributed by atoms with Crippen molar-refractivity contribution in [2.75, 3.05) is 13.1 Å². The molecule has 3 atom stereocenters. The average Bonchev–Trinajstić information content (AvgIpc) is 3.42. The van der Waals surface area contributed by atoms with Crippen LogP contribution in [0.1, 0.15) is 57.2 Å². The molecule has 3 aliphatic heterocycles. The van der Waals surface area contributed by atoms with Gasteiger partial charge in [0.1, 0.15) is 5.82 Å². The van der Waals surface area contributed by atoms with Crippen molar-refractivity contribution in [1.82, 2.24) is 24.8 Å². The minimum Gasteiger partial charge on any atom is -0.342 e. The standard InChI is InChI=1S/C20H27N5O.ClH/c1-2-20(13-15-6-7-16(20)21-15)19(26)24-11-8-14(9-12-24)18-23-22-17-5-3-4-10-25(17)18;/h3-5,10,14-16,21H,2,6-9,11-13H2,1H3;1H/t15-,16+,20+;/m0./s1. The van der Waals surface area contributed by atoms with Crippen molar-refractivity contribution in [3.05, 3.63) is 30.2 Å². The van der Waals surface area contributed by atoms with Crippen LogP contribution < -0.4 is 5.32 Å². The van der Waals surface area contributed by atoms with E-state index in [1.165, 1.54) is 6.42 Å². The number of piperidine rings is 1. The van der Waals surface area contributed by atoms with Gasteiger partial charge in [0.2, 0.25) is 5.91 Å². The molecule has 5 rings (SSSR count). The fourth-order valence-electron chi connectivity index (χ4n) is 5.57. The first kappa shape index (κ1) is 18.7. The summed E-state index contributed by atoms with van der Waals surface area (Å²) in [4.78, 5) is 15.5. The van der Waals surface area contributed by atoms with E-state index >= 15 is 0 Å². The van der Waals surface area contributed by atoms with E-state index in [0.717, 1.165) is 56.7 Å². The maximum absolute atomic E-state index is 13.4. The second kappa shape index (κ2) is 7.06. The predicted octanol–water partition coefficient (Wildman–Crippen LogP) is 2.78. The zero-order valence-corrected chi connectivity index (χ0v) is 16.6. The smallest absolute Gasteiger partial charge is 0.230 e. The Morgan fingerprint density at radius 2 is 2.04 bits per heavy atom. The molecular formula is C20H28ClN5O. The number of carbonyl (C=O) groups is 1. The lowest BCUT2D eigenvalue weighted by Crippen LogP contribution is -2.52. The van der Waals surface area contributed by atoms with E-state index in [1.54, 1.807) is 0 Å². The normalized spacial score (nSPS) is 30.6. The number of carbonyl (C=O) groups excluding carboxylic acids is 1. The van der Waals surface area contributed by atoms with E-state index in [2.05, 4.69) is 31.7 Å². The molecule has 3 fully saturated rings. The molecule has 1 amide bonds. The maximum atomic E-state index is 13.4. The van der Waals surface area contributed by atoms with Crippen LogP contribution in [0, 0.1) is 5.41 Å². The molecule has 1 N–H and O–H groups in total.